The maximum atomic E-state index is 13.1. The Bertz CT molecular complexity index is 800. The zero-order chi connectivity index (χ0) is 18.4. The number of amides is 2. The van der Waals surface area contributed by atoms with Crippen LogP contribution in [-0.2, 0) is 4.79 Å². The Hall–Kier alpha value is -2.47. The molecular formula is C20H20BrN3O2. The molecule has 6 heteroatoms. The Kier molecular flexibility index (Phi) is 6.17. The molecule has 0 saturated carbocycles. The van der Waals surface area contributed by atoms with Crippen LogP contribution in [0.3, 0.4) is 0 Å². The molecular weight excluding hydrogens is 394 g/mol. The maximum Gasteiger partial charge on any atom is 0.271 e. The molecule has 2 heterocycles. The van der Waals surface area contributed by atoms with Crippen LogP contribution in [0.25, 0.3) is 4.48 Å². The monoisotopic (exact) mass is 413 g/mol. The van der Waals surface area contributed by atoms with Gasteiger partial charge in [0.25, 0.3) is 11.8 Å². The quantitative estimate of drug-likeness (QED) is 0.778. The molecule has 0 spiro atoms. The molecule has 5 nitrogen and oxygen atoms in total. The average Bonchev–Trinajstić information content (AvgIpc) is 2.73. The van der Waals surface area contributed by atoms with E-state index in [-0.39, 0.29) is 17.5 Å². The molecule has 0 bridgehead atoms. The number of halogens is 1. The number of hydrogen-bond donors (Lipinski definition) is 1. The number of rotatable bonds is 4. The largest absolute Gasteiger partial charge is 0.337 e. The normalized spacial score (nSPS) is 15.2. The van der Waals surface area contributed by atoms with E-state index in [1.54, 1.807) is 47.6 Å². The molecule has 2 aromatic rings. The first-order valence-electron chi connectivity index (χ1n) is 8.62. The lowest BCUT2D eigenvalue weighted by Crippen LogP contribution is -2.41. The molecule has 1 aliphatic rings. The molecule has 134 valence electrons. The fourth-order valence-corrected chi connectivity index (χ4v) is 3.37. The first-order chi connectivity index (χ1) is 12.7. The number of likely N-dealkylation sites (tertiary alicyclic amines) is 1. The van der Waals surface area contributed by atoms with Crippen molar-refractivity contribution in [1.82, 2.24) is 15.2 Å². The summed E-state index contributed by atoms with van der Waals surface area (Å²) in [5.41, 5.74) is 1.48. The van der Waals surface area contributed by atoms with Crippen molar-refractivity contribution in [2.45, 2.75) is 19.3 Å². The number of carbonyl (C=O) groups is 2. The minimum absolute atomic E-state index is 0.176. The zero-order valence-corrected chi connectivity index (χ0v) is 15.9. The highest BCUT2D eigenvalue weighted by Gasteiger charge is 2.25. The molecule has 1 aliphatic heterocycles. The van der Waals surface area contributed by atoms with Crippen molar-refractivity contribution in [2.75, 3.05) is 13.1 Å². The summed E-state index contributed by atoms with van der Waals surface area (Å²) in [4.78, 5) is 31.6. The summed E-state index contributed by atoms with van der Waals surface area (Å²) in [6, 6.07) is 12.5. The van der Waals surface area contributed by atoms with Crippen LogP contribution in [0.4, 0.5) is 0 Å². The van der Waals surface area contributed by atoms with Crippen LogP contribution in [0.2, 0.25) is 0 Å². The predicted octanol–water partition coefficient (Wildman–Crippen LogP) is 3.59. The molecule has 1 aromatic carbocycles. The number of aromatic nitrogens is 1. The predicted molar refractivity (Wildman–Crippen MR) is 104 cm³/mol. The van der Waals surface area contributed by atoms with E-state index in [4.69, 9.17) is 0 Å². The molecule has 1 N–H and O–H groups in total. The van der Waals surface area contributed by atoms with Crippen molar-refractivity contribution in [3.8, 4) is 0 Å². The third-order valence-electron chi connectivity index (χ3n) is 4.27. The van der Waals surface area contributed by atoms with Crippen LogP contribution < -0.4 is 5.32 Å². The van der Waals surface area contributed by atoms with Crippen molar-refractivity contribution in [3.63, 3.8) is 0 Å². The second-order valence-electron chi connectivity index (χ2n) is 6.10. The Morgan fingerprint density at radius 3 is 2.31 bits per heavy atom. The first-order valence-corrected chi connectivity index (χ1v) is 9.42. The lowest BCUT2D eigenvalue weighted by atomic mass is 10.1. The second-order valence-corrected chi connectivity index (χ2v) is 6.90. The van der Waals surface area contributed by atoms with Gasteiger partial charge in [-0.05, 0) is 53.4 Å². The van der Waals surface area contributed by atoms with E-state index >= 15 is 0 Å². The number of piperidine rings is 1. The molecule has 0 atom stereocenters. The van der Waals surface area contributed by atoms with Gasteiger partial charge in [-0.1, -0.05) is 24.3 Å². The number of nitrogens with zero attached hydrogens (tertiary/aromatic N) is 2. The summed E-state index contributed by atoms with van der Waals surface area (Å²) >= 11 is 3.50. The Balaban J connectivity index is 1.93. The Labute approximate surface area is 161 Å². The summed E-state index contributed by atoms with van der Waals surface area (Å²) < 4.78 is 0.533. The van der Waals surface area contributed by atoms with E-state index in [2.05, 4.69) is 26.2 Å². The van der Waals surface area contributed by atoms with E-state index in [9.17, 15) is 9.59 Å². The summed E-state index contributed by atoms with van der Waals surface area (Å²) in [5.74, 6) is -0.489. The summed E-state index contributed by atoms with van der Waals surface area (Å²) in [6.07, 6.45) is 6.41. The van der Waals surface area contributed by atoms with Gasteiger partial charge in [-0.25, -0.2) is 0 Å². The minimum Gasteiger partial charge on any atom is -0.337 e. The van der Waals surface area contributed by atoms with Crippen molar-refractivity contribution in [1.29, 1.82) is 0 Å². The lowest BCUT2D eigenvalue weighted by molar-refractivity contribution is -0.128. The smallest absolute Gasteiger partial charge is 0.271 e. The van der Waals surface area contributed by atoms with Gasteiger partial charge in [0, 0.05) is 36.6 Å². The van der Waals surface area contributed by atoms with E-state index in [1.165, 1.54) is 0 Å². The van der Waals surface area contributed by atoms with Gasteiger partial charge in [-0.2, -0.15) is 0 Å². The SMILES string of the molecule is O=C(N/C(C(=O)N1CCCCC1)=C(\Br)c1cccnc1)c1ccccc1. The first kappa shape index (κ1) is 18.3. The molecule has 0 unspecified atom stereocenters. The van der Waals surface area contributed by atoms with Crippen LogP contribution >= 0.6 is 15.9 Å². The van der Waals surface area contributed by atoms with Crippen molar-refractivity contribution >= 4 is 32.2 Å². The fraction of sp³-hybridized carbons (Fsp3) is 0.250. The number of benzene rings is 1. The van der Waals surface area contributed by atoms with Crippen LogP contribution in [0.1, 0.15) is 35.2 Å². The van der Waals surface area contributed by atoms with Gasteiger partial charge in [0.15, 0.2) is 0 Å². The zero-order valence-electron chi connectivity index (χ0n) is 14.3. The van der Waals surface area contributed by atoms with Gasteiger partial charge in [0.05, 0.1) is 4.48 Å². The molecule has 0 radical (unpaired) electrons. The van der Waals surface area contributed by atoms with Gasteiger partial charge in [0.1, 0.15) is 5.70 Å². The number of pyridine rings is 1. The van der Waals surface area contributed by atoms with Gasteiger partial charge < -0.3 is 10.2 Å². The van der Waals surface area contributed by atoms with Gasteiger partial charge in [0.2, 0.25) is 0 Å². The highest BCUT2D eigenvalue weighted by molar-refractivity contribution is 9.15. The van der Waals surface area contributed by atoms with Crippen LogP contribution in [0.15, 0.2) is 60.6 Å². The van der Waals surface area contributed by atoms with Crippen LogP contribution in [0.5, 0.6) is 0 Å². The summed E-state index contributed by atoms with van der Waals surface area (Å²) in [6.45, 7) is 1.41. The molecule has 2 amide bonds. The summed E-state index contributed by atoms with van der Waals surface area (Å²) in [7, 11) is 0. The summed E-state index contributed by atoms with van der Waals surface area (Å²) in [5, 5.41) is 2.80. The van der Waals surface area contributed by atoms with Crippen LogP contribution in [-0.4, -0.2) is 34.8 Å². The molecule has 1 aromatic heterocycles. The number of hydrogen-bond acceptors (Lipinski definition) is 3. The highest BCUT2D eigenvalue weighted by Crippen LogP contribution is 2.25. The van der Waals surface area contributed by atoms with Crippen LogP contribution in [0, 0.1) is 0 Å². The second kappa shape index (κ2) is 8.76. The number of nitrogens with one attached hydrogen (secondary N) is 1. The molecule has 1 saturated heterocycles. The van der Waals surface area contributed by atoms with Gasteiger partial charge in [-0.15, -0.1) is 0 Å². The van der Waals surface area contributed by atoms with E-state index in [1.807, 2.05) is 12.1 Å². The molecule has 0 aliphatic carbocycles. The van der Waals surface area contributed by atoms with E-state index in [0.29, 0.717) is 23.1 Å². The average molecular weight is 414 g/mol. The highest BCUT2D eigenvalue weighted by atomic mass is 79.9. The molecule has 1 fully saturated rings. The fourth-order valence-electron chi connectivity index (χ4n) is 2.87. The Morgan fingerprint density at radius 1 is 0.962 bits per heavy atom. The lowest BCUT2D eigenvalue weighted by Gasteiger charge is -2.28. The number of carbonyl (C=O) groups excluding carboxylic acids is 2. The third kappa shape index (κ3) is 4.38. The third-order valence-corrected chi connectivity index (χ3v) is 5.12. The topological polar surface area (TPSA) is 62.3 Å². The maximum absolute atomic E-state index is 13.1. The van der Waals surface area contributed by atoms with E-state index < -0.39 is 0 Å². The molecule has 26 heavy (non-hydrogen) atoms. The van der Waals surface area contributed by atoms with Gasteiger partial charge in [-0.3, -0.25) is 14.6 Å². The van der Waals surface area contributed by atoms with Crippen molar-refractivity contribution < 1.29 is 9.59 Å². The Morgan fingerprint density at radius 2 is 1.65 bits per heavy atom. The molecule has 3 rings (SSSR count). The van der Waals surface area contributed by atoms with Gasteiger partial charge >= 0.3 is 0 Å². The standard InChI is InChI=1S/C20H20BrN3O2/c21-17(16-10-7-11-22-14-16)18(20(26)24-12-5-2-6-13-24)23-19(25)15-8-3-1-4-9-15/h1,3-4,7-11,14H,2,5-6,12-13H2,(H,23,25)/b18-17-. The van der Waals surface area contributed by atoms with Crippen molar-refractivity contribution in [3.05, 3.63) is 71.7 Å². The van der Waals surface area contributed by atoms with Crippen molar-refractivity contribution in [2.24, 2.45) is 0 Å². The van der Waals surface area contributed by atoms with E-state index in [0.717, 1.165) is 24.8 Å². The minimum atomic E-state index is -0.313.